The number of nitrogens with two attached hydrogens (primary N) is 1. The van der Waals surface area contributed by atoms with E-state index >= 15 is 0 Å². The van der Waals surface area contributed by atoms with Crippen LogP contribution in [0, 0.1) is 13.8 Å². The summed E-state index contributed by atoms with van der Waals surface area (Å²) in [6, 6.07) is 0. The first-order valence-corrected chi connectivity index (χ1v) is 5.94. The molecule has 0 aliphatic carbocycles. The maximum Gasteiger partial charge on any atom is 0.150 e. The summed E-state index contributed by atoms with van der Waals surface area (Å²) in [5.41, 5.74) is 7.52. The van der Waals surface area contributed by atoms with Crippen LogP contribution in [0.1, 0.15) is 31.2 Å². The maximum atomic E-state index is 5.56. The molecule has 0 unspecified atom stereocenters. The van der Waals surface area contributed by atoms with Gasteiger partial charge in [-0.1, -0.05) is 6.92 Å². The van der Waals surface area contributed by atoms with Crippen LogP contribution in [0.2, 0.25) is 0 Å². The van der Waals surface area contributed by atoms with Crippen molar-refractivity contribution in [3.05, 3.63) is 17.6 Å². The molecule has 0 amide bonds. The van der Waals surface area contributed by atoms with Crippen LogP contribution in [-0.4, -0.2) is 29.6 Å². The second-order valence-corrected chi connectivity index (χ2v) is 4.05. The number of anilines is 1. The lowest BCUT2D eigenvalue weighted by Gasteiger charge is -2.24. The zero-order valence-corrected chi connectivity index (χ0v) is 10.5. The van der Waals surface area contributed by atoms with Gasteiger partial charge in [0, 0.05) is 19.3 Å². The lowest BCUT2D eigenvalue weighted by Crippen LogP contribution is -2.29. The summed E-state index contributed by atoms with van der Waals surface area (Å²) < 4.78 is 0. The van der Waals surface area contributed by atoms with Crippen molar-refractivity contribution in [3.63, 3.8) is 0 Å². The minimum atomic E-state index is 0.721. The van der Waals surface area contributed by atoms with Gasteiger partial charge in [-0.05, 0) is 33.2 Å². The molecule has 0 saturated carbocycles. The molecule has 1 aromatic rings. The lowest BCUT2D eigenvalue weighted by molar-refractivity contribution is 0.705. The number of aromatic nitrogens is 2. The molecule has 16 heavy (non-hydrogen) atoms. The zero-order chi connectivity index (χ0) is 12.0. The molecule has 0 saturated heterocycles. The van der Waals surface area contributed by atoms with E-state index in [9.17, 15) is 0 Å². The standard InChI is InChI=1S/C12H22N4/c1-4-7-16(8-5-6-13)12-11(3)14-9-10(2)15-12/h9H,4-8,13H2,1-3H3. The third-order valence-electron chi connectivity index (χ3n) is 2.48. The molecular formula is C12H22N4. The van der Waals surface area contributed by atoms with Crippen LogP contribution in [0.25, 0.3) is 0 Å². The fourth-order valence-electron chi connectivity index (χ4n) is 1.70. The summed E-state index contributed by atoms with van der Waals surface area (Å²) in [6.45, 7) is 8.85. The van der Waals surface area contributed by atoms with E-state index in [1.165, 1.54) is 0 Å². The molecule has 0 spiro atoms. The Balaban J connectivity index is 2.85. The molecule has 0 atom stereocenters. The Bertz CT molecular complexity index is 325. The molecular weight excluding hydrogens is 200 g/mol. The van der Waals surface area contributed by atoms with E-state index in [4.69, 9.17) is 5.73 Å². The summed E-state index contributed by atoms with van der Waals surface area (Å²) in [5.74, 6) is 1.01. The third kappa shape index (κ3) is 3.45. The average molecular weight is 222 g/mol. The van der Waals surface area contributed by atoms with Crippen molar-refractivity contribution in [1.29, 1.82) is 0 Å². The van der Waals surface area contributed by atoms with Crippen LogP contribution in [0.15, 0.2) is 6.20 Å². The minimum absolute atomic E-state index is 0.721. The molecule has 0 bridgehead atoms. The molecule has 0 aliphatic rings. The Labute approximate surface area is 97.9 Å². The van der Waals surface area contributed by atoms with Crippen LogP contribution in [0.5, 0.6) is 0 Å². The first-order chi connectivity index (χ1) is 7.69. The highest BCUT2D eigenvalue weighted by Crippen LogP contribution is 2.15. The second kappa shape index (κ2) is 6.43. The number of aryl methyl sites for hydroxylation is 2. The summed E-state index contributed by atoms with van der Waals surface area (Å²) >= 11 is 0. The fraction of sp³-hybridized carbons (Fsp3) is 0.667. The Morgan fingerprint density at radius 2 is 2.06 bits per heavy atom. The summed E-state index contributed by atoms with van der Waals surface area (Å²) in [6.07, 6.45) is 3.92. The smallest absolute Gasteiger partial charge is 0.150 e. The highest BCUT2D eigenvalue weighted by atomic mass is 15.2. The van der Waals surface area contributed by atoms with Crippen LogP contribution < -0.4 is 10.6 Å². The molecule has 1 heterocycles. The molecule has 4 heteroatoms. The summed E-state index contributed by atoms with van der Waals surface area (Å²) in [4.78, 5) is 11.2. The number of hydrogen-bond donors (Lipinski definition) is 1. The predicted molar refractivity (Wildman–Crippen MR) is 67.7 cm³/mol. The summed E-state index contributed by atoms with van der Waals surface area (Å²) in [7, 11) is 0. The fourth-order valence-corrected chi connectivity index (χ4v) is 1.70. The van der Waals surface area contributed by atoms with Crippen molar-refractivity contribution in [1.82, 2.24) is 9.97 Å². The molecule has 1 rings (SSSR count). The van der Waals surface area contributed by atoms with E-state index in [1.807, 2.05) is 20.0 Å². The number of rotatable bonds is 6. The first-order valence-electron chi connectivity index (χ1n) is 5.94. The monoisotopic (exact) mass is 222 g/mol. The molecule has 0 aromatic carbocycles. The average Bonchev–Trinajstić information content (AvgIpc) is 2.28. The normalized spacial score (nSPS) is 10.5. The van der Waals surface area contributed by atoms with Gasteiger partial charge in [-0.2, -0.15) is 0 Å². The van der Waals surface area contributed by atoms with Gasteiger partial charge in [0.2, 0.25) is 0 Å². The van der Waals surface area contributed by atoms with Crippen molar-refractivity contribution in [2.75, 3.05) is 24.5 Å². The SMILES string of the molecule is CCCN(CCCN)c1nc(C)cnc1C. The molecule has 0 aliphatic heterocycles. The highest BCUT2D eigenvalue weighted by Gasteiger charge is 2.10. The second-order valence-electron chi connectivity index (χ2n) is 4.05. The van der Waals surface area contributed by atoms with E-state index in [0.717, 1.165) is 49.7 Å². The quantitative estimate of drug-likeness (QED) is 0.795. The van der Waals surface area contributed by atoms with Gasteiger partial charge in [0.15, 0.2) is 0 Å². The predicted octanol–water partition coefficient (Wildman–Crippen LogP) is 1.66. The van der Waals surface area contributed by atoms with Gasteiger partial charge in [-0.15, -0.1) is 0 Å². The molecule has 90 valence electrons. The molecule has 4 nitrogen and oxygen atoms in total. The highest BCUT2D eigenvalue weighted by molar-refractivity contribution is 5.43. The van der Waals surface area contributed by atoms with E-state index in [1.54, 1.807) is 0 Å². The molecule has 2 N–H and O–H groups in total. The van der Waals surface area contributed by atoms with Gasteiger partial charge in [-0.25, -0.2) is 4.98 Å². The molecule has 1 aromatic heterocycles. The topological polar surface area (TPSA) is 55.0 Å². The van der Waals surface area contributed by atoms with E-state index < -0.39 is 0 Å². The summed E-state index contributed by atoms with van der Waals surface area (Å²) in [5, 5.41) is 0. The molecule has 0 radical (unpaired) electrons. The van der Waals surface area contributed by atoms with Crippen LogP contribution >= 0.6 is 0 Å². The van der Waals surface area contributed by atoms with Crippen molar-refractivity contribution in [3.8, 4) is 0 Å². The van der Waals surface area contributed by atoms with Crippen LogP contribution in [0.4, 0.5) is 5.82 Å². The number of nitrogens with zero attached hydrogens (tertiary/aromatic N) is 3. The molecule has 0 fully saturated rings. The Morgan fingerprint density at radius 1 is 1.31 bits per heavy atom. The van der Waals surface area contributed by atoms with Gasteiger partial charge in [0.05, 0.1) is 11.4 Å². The number of hydrogen-bond acceptors (Lipinski definition) is 4. The largest absolute Gasteiger partial charge is 0.355 e. The van der Waals surface area contributed by atoms with Crippen molar-refractivity contribution in [2.24, 2.45) is 5.73 Å². The Hall–Kier alpha value is -1.16. The minimum Gasteiger partial charge on any atom is -0.355 e. The van der Waals surface area contributed by atoms with Gasteiger partial charge in [-0.3, -0.25) is 4.98 Å². The third-order valence-corrected chi connectivity index (χ3v) is 2.48. The van der Waals surface area contributed by atoms with Crippen LogP contribution in [0.3, 0.4) is 0 Å². The van der Waals surface area contributed by atoms with Crippen molar-refractivity contribution >= 4 is 5.82 Å². The Morgan fingerprint density at radius 3 is 2.69 bits per heavy atom. The zero-order valence-electron chi connectivity index (χ0n) is 10.5. The van der Waals surface area contributed by atoms with Crippen molar-refractivity contribution < 1.29 is 0 Å². The maximum absolute atomic E-state index is 5.56. The van der Waals surface area contributed by atoms with Gasteiger partial charge in [0.1, 0.15) is 5.82 Å². The lowest BCUT2D eigenvalue weighted by atomic mass is 10.3. The van der Waals surface area contributed by atoms with Gasteiger partial charge >= 0.3 is 0 Å². The van der Waals surface area contributed by atoms with Crippen LogP contribution in [-0.2, 0) is 0 Å². The Kier molecular flexibility index (Phi) is 5.19. The first kappa shape index (κ1) is 12.9. The van der Waals surface area contributed by atoms with Gasteiger partial charge < -0.3 is 10.6 Å². The van der Waals surface area contributed by atoms with E-state index in [2.05, 4.69) is 21.8 Å². The van der Waals surface area contributed by atoms with E-state index in [0.29, 0.717) is 0 Å². The van der Waals surface area contributed by atoms with E-state index in [-0.39, 0.29) is 0 Å². The van der Waals surface area contributed by atoms with Crippen molar-refractivity contribution in [2.45, 2.75) is 33.6 Å². The van der Waals surface area contributed by atoms with Gasteiger partial charge in [0.25, 0.3) is 0 Å².